The molecule has 0 saturated heterocycles. The van der Waals surface area contributed by atoms with Gasteiger partial charge >= 0.3 is 5.97 Å². The zero-order valence-electron chi connectivity index (χ0n) is 16.2. The highest BCUT2D eigenvalue weighted by atomic mass is 16.5. The molecule has 6 nitrogen and oxygen atoms in total. The van der Waals surface area contributed by atoms with Crippen molar-refractivity contribution in [2.24, 2.45) is 0 Å². The molecule has 0 spiro atoms. The Morgan fingerprint density at radius 1 is 1.11 bits per heavy atom. The summed E-state index contributed by atoms with van der Waals surface area (Å²) < 4.78 is 10.7. The molecule has 2 aromatic carbocycles. The van der Waals surface area contributed by atoms with Crippen molar-refractivity contribution in [3.8, 4) is 17.1 Å². The van der Waals surface area contributed by atoms with Gasteiger partial charge in [0.05, 0.1) is 12.8 Å². The summed E-state index contributed by atoms with van der Waals surface area (Å²) in [5.41, 5.74) is 2.97. The summed E-state index contributed by atoms with van der Waals surface area (Å²) in [6.45, 7) is 1.08. The lowest BCUT2D eigenvalue weighted by molar-refractivity contribution is 0.0465. The smallest absolute Gasteiger partial charge is 0.359 e. The third-order valence-corrected chi connectivity index (χ3v) is 4.40. The Kier molecular flexibility index (Phi) is 6.81. The van der Waals surface area contributed by atoms with Crippen LogP contribution >= 0.6 is 0 Å². The fourth-order valence-corrected chi connectivity index (χ4v) is 2.88. The molecule has 3 aromatic rings. The maximum absolute atomic E-state index is 12.7. The number of methoxy groups -OCH3 is 1. The van der Waals surface area contributed by atoms with Gasteiger partial charge in [0.25, 0.3) is 0 Å². The highest BCUT2D eigenvalue weighted by Crippen LogP contribution is 2.22. The maximum atomic E-state index is 12.7. The summed E-state index contributed by atoms with van der Waals surface area (Å²) in [7, 11) is 3.54. The number of carbonyl (C=O) groups excluding carboxylic acids is 1. The van der Waals surface area contributed by atoms with Gasteiger partial charge in [0.1, 0.15) is 18.2 Å². The Morgan fingerprint density at radius 2 is 1.86 bits per heavy atom. The predicted molar refractivity (Wildman–Crippen MR) is 108 cm³/mol. The first-order valence-electron chi connectivity index (χ1n) is 9.30. The Hall–Kier alpha value is -3.12. The quantitative estimate of drug-likeness (QED) is 0.439. The summed E-state index contributed by atoms with van der Waals surface area (Å²) >= 11 is 0. The van der Waals surface area contributed by atoms with Gasteiger partial charge in [-0.25, -0.2) is 9.78 Å². The zero-order chi connectivity index (χ0) is 19.8. The van der Waals surface area contributed by atoms with Crippen molar-refractivity contribution in [3.05, 3.63) is 71.5 Å². The highest BCUT2D eigenvalue weighted by Gasteiger charge is 2.19. The van der Waals surface area contributed by atoms with Crippen molar-refractivity contribution >= 4 is 5.97 Å². The summed E-state index contributed by atoms with van der Waals surface area (Å²) in [5.74, 6) is 1.00. The molecule has 1 heterocycles. The SMILES string of the molecule is CNCCCc1[nH]c(-c2ccc(OC)cc2)nc1C(=O)OCc1ccccc1. The molecule has 0 amide bonds. The molecular weight excluding hydrogens is 354 g/mol. The number of imidazole rings is 1. The zero-order valence-corrected chi connectivity index (χ0v) is 16.2. The number of aryl methyl sites for hydroxylation is 1. The van der Waals surface area contributed by atoms with Crippen molar-refractivity contribution in [2.45, 2.75) is 19.4 Å². The summed E-state index contributed by atoms with van der Waals surface area (Å²) in [6.07, 6.45) is 1.60. The Balaban J connectivity index is 1.80. The predicted octanol–water partition coefficient (Wildman–Crippen LogP) is 3.59. The van der Waals surface area contributed by atoms with E-state index in [9.17, 15) is 4.79 Å². The van der Waals surface area contributed by atoms with E-state index in [2.05, 4.69) is 15.3 Å². The van der Waals surface area contributed by atoms with Gasteiger partial charge in [0.2, 0.25) is 0 Å². The van der Waals surface area contributed by atoms with E-state index in [0.29, 0.717) is 17.9 Å². The molecule has 2 N–H and O–H groups in total. The molecule has 1 aromatic heterocycles. The fourth-order valence-electron chi connectivity index (χ4n) is 2.88. The number of aromatic amines is 1. The lowest BCUT2D eigenvalue weighted by Crippen LogP contribution is -2.11. The molecule has 28 heavy (non-hydrogen) atoms. The first-order chi connectivity index (χ1) is 13.7. The number of H-pyrrole nitrogens is 1. The van der Waals surface area contributed by atoms with E-state index in [-0.39, 0.29) is 6.61 Å². The van der Waals surface area contributed by atoms with Crippen LogP contribution in [-0.4, -0.2) is 36.6 Å². The Morgan fingerprint density at radius 3 is 2.54 bits per heavy atom. The van der Waals surface area contributed by atoms with Crippen molar-refractivity contribution in [2.75, 3.05) is 20.7 Å². The van der Waals surface area contributed by atoms with Crippen molar-refractivity contribution in [1.29, 1.82) is 0 Å². The van der Waals surface area contributed by atoms with E-state index in [4.69, 9.17) is 9.47 Å². The molecule has 3 rings (SSSR count). The van der Waals surface area contributed by atoms with E-state index in [1.165, 1.54) is 0 Å². The summed E-state index contributed by atoms with van der Waals surface area (Å²) in [5, 5.41) is 3.12. The Bertz CT molecular complexity index is 889. The molecule has 0 saturated carbocycles. The highest BCUT2D eigenvalue weighted by molar-refractivity contribution is 5.89. The Labute approximate surface area is 164 Å². The van der Waals surface area contributed by atoms with Gasteiger partial charge < -0.3 is 19.8 Å². The van der Waals surface area contributed by atoms with E-state index in [0.717, 1.165) is 35.5 Å². The van der Waals surface area contributed by atoms with E-state index < -0.39 is 5.97 Å². The maximum Gasteiger partial charge on any atom is 0.359 e. The summed E-state index contributed by atoms with van der Waals surface area (Å²) in [6, 6.07) is 17.2. The van der Waals surface area contributed by atoms with E-state index in [1.54, 1.807) is 7.11 Å². The van der Waals surface area contributed by atoms with Gasteiger partial charge in [-0.05, 0) is 56.3 Å². The number of ether oxygens (including phenoxy) is 2. The minimum Gasteiger partial charge on any atom is -0.497 e. The molecule has 0 atom stereocenters. The second-order valence-corrected chi connectivity index (χ2v) is 6.41. The number of nitrogens with zero attached hydrogens (tertiary/aromatic N) is 1. The normalized spacial score (nSPS) is 10.6. The van der Waals surface area contributed by atoms with Crippen LogP contribution < -0.4 is 10.1 Å². The van der Waals surface area contributed by atoms with Gasteiger partial charge in [0.15, 0.2) is 5.69 Å². The van der Waals surface area contributed by atoms with Crippen LogP contribution in [0.5, 0.6) is 5.75 Å². The third-order valence-electron chi connectivity index (χ3n) is 4.40. The number of hydrogen-bond donors (Lipinski definition) is 2. The van der Waals surface area contributed by atoms with Gasteiger partial charge in [-0.1, -0.05) is 30.3 Å². The number of esters is 1. The van der Waals surface area contributed by atoms with Gasteiger partial charge in [-0.15, -0.1) is 0 Å². The second-order valence-electron chi connectivity index (χ2n) is 6.41. The van der Waals surface area contributed by atoms with Crippen molar-refractivity contribution < 1.29 is 14.3 Å². The lowest BCUT2D eigenvalue weighted by Gasteiger charge is -2.05. The second kappa shape index (κ2) is 9.71. The number of rotatable bonds is 9. The monoisotopic (exact) mass is 379 g/mol. The average molecular weight is 379 g/mol. The first kappa shape index (κ1) is 19.6. The van der Waals surface area contributed by atoms with Crippen molar-refractivity contribution in [3.63, 3.8) is 0 Å². The minimum atomic E-state index is -0.417. The average Bonchev–Trinajstić information content (AvgIpc) is 3.17. The van der Waals surface area contributed by atoms with Gasteiger partial charge in [-0.2, -0.15) is 0 Å². The van der Waals surface area contributed by atoms with Gasteiger partial charge in [-0.3, -0.25) is 0 Å². The molecule has 146 valence electrons. The molecule has 0 fully saturated rings. The minimum absolute atomic E-state index is 0.223. The van der Waals surface area contributed by atoms with Crippen molar-refractivity contribution in [1.82, 2.24) is 15.3 Å². The molecule has 0 aliphatic rings. The molecule has 0 aliphatic heterocycles. The first-order valence-corrected chi connectivity index (χ1v) is 9.30. The fraction of sp³-hybridized carbons (Fsp3) is 0.273. The number of carbonyl (C=O) groups is 1. The van der Waals surface area contributed by atoms with Crippen LogP contribution in [0.1, 0.15) is 28.2 Å². The van der Waals surface area contributed by atoms with Crippen LogP contribution in [0.25, 0.3) is 11.4 Å². The molecule has 0 unspecified atom stereocenters. The van der Waals surface area contributed by atoms with Crippen LogP contribution in [-0.2, 0) is 17.8 Å². The third kappa shape index (κ3) is 4.98. The van der Waals surface area contributed by atoms with Crippen LogP contribution in [0.3, 0.4) is 0 Å². The number of aromatic nitrogens is 2. The van der Waals surface area contributed by atoms with Crippen LogP contribution in [0.15, 0.2) is 54.6 Å². The molecule has 0 aliphatic carbocycles. The van der Waals surface area contributed by atoms with E-state index in [1.807, 2.05) is 61.6 Å². The van der Waals surface area contributed by atoms with Crippen LogP contribution in [0, 0.1) is 0 Å². The topological polar surface area (TPSA) is 76.2 Å². The molecule has 0 radical (unpaired) electrons. The molecule has 6 heteroatoms. The largest absolute Gasteiger partial charge is 0.497 e. The summed E-state index contributed by atoms with van der Waals surface area (Å²) in [4.78, 5) is 20.5. The number of nitrogens with one attached hydrogen (secondary N) is 2. The van der Waals surface area contributed by atoms with Crippen LogP contribution in [0.2, 0.25) is 0 Å². The molecule has 0 bridgehead atoms. The lowest BCUT2D eigenvalue weighted by atomic mass is 10.2. The van der Waals surface area contributed by atoms with E-state index >= 15 is 0 Å². The van der Waals surface area contributed by atoms with Crippen LogP contribution in [0.4, 0.5) is 0 Å². The van der Waals surface area contributed by atoms with Gasteiger partial charge in [0, 0.05) is 5.56 Å². The number of hydrogen-bond acceptors (Lipinski definition) is 5. The standard InChI is InChI=1S/C22H25N3O3/c1-23-14-6-9-19-20(22(26)28-15-16-7-4-3-5-8-16)25-21(24-19)17-10-12-18(27-2)13-11-17/h3-5,7-8,10-13,23H,6,9,14-15H2,1-2H3,(H,24,25). The molecular formula is C22H25N3O3. The number of benzene rings is 2.